The summed E-state index contributed by atoms with van der Waals surface area (Å²) in [4.78, 5) is 14.9. The molecule has 1 aliphatic heterocycles. The van der Waals surface area contributed by atoms with Gasteiger partial charge in [0.2, 0.25) is 15.4 Å². The first kappa shape index (κ1) is 36.9. The number of nitrogens with zero attached hydrogens (tertiary/aromatic N) is 2. The lowest BCUT2D eigenvalue weighted by atomic mass is 9.93. The van der Waals surface area contributed by atoms with Crippen molar-refractivity contribution < 1.29 is 32.3 Å². The van der Waals surface area contributed by atoms with Gasteiger partial charge in [-0.3, -0.25) is 9.83 Å². The number of sulfonamides is 1. The second kappa shape index (κ2) is 16.4. The standard InChI is InChI=1S/C34H42ClN3O7S2/c1-7-37(8-2)23-11-14-26-31(18-23)43-32-19-24(38(9-3)10-4)12-15-27(32)34(26)28-16-13-25(20-33(28)46-45-44-40)47(41,42)36-29(17-22(5)6)30(39)21-35/h11-16,18-20,22,29,36H,7-10,17,21H2,1-6H3. The molecular formula is C34H42ClN3O7S2. The molecule has 4 rings (SSSR count). The molecule has 0 saturated carbocycles. The minimum absolute atomic E-state index is 0.0421. The van der Waals surface area contributed by atoms with E-state index < -0.39 is 21.8 Å². The summed E-state index contributed by atoms with van der Waals surface area (Å²) in [6.45, 7) is 15.4. The maximum atomic E-state index is 13.6. The van der Waals surface area contributed by atoms with E-state index in [1.54, 1.807) is 6.07 Å². The molecule has 0 saturated heterocycles. The van der Waals surface area contributed by atoms with E-state index in [-0.39, 0.29) is 23.1 Å². The van der Waals surface area contributed by atoms with Crippen molar-refractivity contribution in [1.29, 1.82) is 0 Å². The van der Waals surface area contributed by atoms with E-state index in [0.29, 0.717) is 33.8 Å². The molecule has 1 aliphatic carbocycles. The number of carbonyl (C=O) groups excluding carboxylic acids is 1. The van der Waals surface area contributed by atoms with Gasteiger partial charge in [-0.15, -0.1) is 11.6 Å². The molecule has 2 aliphatic rings. The van der Waals surface area contributed by atoms with Crippen LogP contribution in [0.25, 0.3) is 33.4 Å². The number of rotatable bonds is 16. The SMILES string of the molecule is CCN(CC)c1ccc2c(-c3ccc(S(=O)(=O)NC(CC(C)C)C(=O)CCl)cc3SOO[O-])c3ccc(=[N+](CC)CC)cc-3oc2c1. The highest BCUT2D eigenvalue weighted by Crippen LogP contribution is 2.44. The summed E-state index contributed by atoms with van der Waals surface area (Å²) in [6.07, 6.45) is 0.286. The molecule has 13 heteroatoms. The third-order valence-corrected chi connectivity index (χ3v) is 10.5. The van der Waals surface area contributed by atoms with Crippen molar-refractivity contribution in [1.82, 2.24) is 9.30 Å². The Morgan fingerprint density at radius 2 is 1.72 bits per heavy atom. The summed E-state index contributed by atoms with van der Waals surface area (Å²) >= 11 is 6.40. The van der Waals surface area contributed by atoms with Crippen LogP contribution in [0, 0.1) is 5.92 Å². The van der Waals surface area contributed by atoms with Crippen LogP contribution in [0.15, 0.2) is 68.8 Å². The molecule has 0 aromatic heterocycles. The van der Waals surface area contributed by atoms with Gasteiger partial charge in [0.1, 0.15) is 24.4 Å². The van der Waals surface area contributed by atoms with E-state index in [2.05, 4.69) is 46.9 Å². The Balaban J connectivity index is 1.99. The predicted octanol–water partition coefficient (Wildman–Crippen LogP) is 5.59. The van der Waals surface area contributed by atoms with Crippen LogP contribution >= 0.6 is 23.6 Å². The highest BCUT2D eigenvalue weighted by atomic mass is 35.5. The minimum Gasteiger partial charge on any atom is -0.691 e. The third-order valence-electron chi connectivity index (χ3n) is 8.16. The lowest BCUT2D eigenvalue weighted by Crippen LogP contribution is -2.42. The van der Waals surface area contributed by atoms with Gasteiger partial charge in [0.25, 0.3) is 0 Å². The van der Waals surface area contributed by atoms with Gasteiger partial charge in [-0.25, -0.2) is 17.7 Å². The normalized spacial score (nSPS) is 12.6. The molecule has 10 nitrogen and oxygen atoms in total. The molecule has 254 valence electrons. The molecule has 2 aromatic carbocycles. The average molecular weight is 704 g/mol. The van der Waals surface area contributed by atoms with Crippen LogP contribution in [0.5, 0.6) is 0 Å². The van der Waals surface area contributed by atoms with Gasteiger partial charge in [0.15, 0.2) is 5.78 Å². The molecule has 2 aromatic rings. The zero-order valence-electron chi connectivity index (χ0n) is 27.5. The molecule has 47 heavy (non-hydrogen) atoms. The van der Waals surface area contributed by atoms with Gasteiger partial charge in [0.05, 0.1) is 34.9 Å². The van der Waals surface area contributed by atoms with Gasteiger partial charge in [-0.2, -0.15) is 4.33 Å². The van der Waals surface area contributed by atoms with Crippen LogP contribution in [-0.2, 0) is 24.2 Å². The topological polar surface area (TPSA) is 124 Å². The first-order valence-electron chi connectivity index (χ1n) is 15.7. The summed E-state index contributed by atoms with van der Waals surface area (Å²) in [7, 11) is -4.18. The summed E-state index contributed by atoms with van der Waals surface area (Å²) in [5, 5.41) is 16.5. The van der Waals surface area contributed by atoms with Crippen molar-refractivity contribution in [3.8, 4) is 22.5 Å². The molecule has 0 radical (unpaired) electrons. The van der Waals surface area contributed by atoms with E-state index in [4.69, 9.17) is 20.4 Å². The fourth-order valence-electron chi connectivity index (χ4n) is 5.79. The fraction of sp³-hybridized carbons (Fsp3) is 0.412. The smallest absolute Gasteiger partial charge is 0.241 e. The second-order valence-electron chi connectivity index (χ2n) is 11.5. The average Bonchev–Trinajstić information content (AvgIpc) is 3.06. The van der Waals surface area contributed by atoms with Crippen LogP contribution in [0.3, 0.4) is 0 Å². The molecule has 0 bridgehead atoms. The van der Waals surface area contributed by atoms with E-state index in [1.807, 2.05) is 50.2 Å². The van der Waals surface area contributed by atoms with E-state index in [1.165, 1.54) is 12.1 Å². The lowest BCUT2D eigenvalue weighted by molar-refractivity contribution is -0.777. The van der Waals surface area contributed by atoms with Crippen molar-refractivity contribution in [2.24, 2.45) is 5.92 Å². The Morgan fingerprint density at radius 1 is 1.02 bits per heavy atom. The van der Waals surface area contributed by atoms with Crippen LogP contribution in [-0.4, -0.2) is 52.3 Å². The van der Waals surface area contributed by atoms with Crippen LogP contribution < -0.4 is 24.8 Å². The number of ketones is 1. The summed E-state index contributed by atoms with van der Waals surface area (Å²) in [5.41, 5.74) is 3.79. The first-order valence-corrected chi connectivity index (χ1v) is 18.5. The van der Waals surface area contributed by atoms with Gasteiger partial charge < -0.3 is 14.6 Å². The monoisotopic (exact) mass is 703 g/mol. The van der Waals surface area contributed by atoms with Gasteiger partial charge in [-0.1, -0.05) is 19.9 Å². The molecule has 0 amide bonds. The number of hydrogen-bond acceptors (Lipinski definition) is 9. The molecule has 0 spiro atoms. The Morgan fingerprint density at radius 3 is 2.34 bits per heavy atom. The fourth-order valence-corrected chi connectivity index (χ4v) is 7.85. The number of carbonyl (C=O) groups is 1. The summed E-state index contributed by atoms with van der Waals surface area (Å²) in [6, 6.07) is 15.6. The zero-order valence-corrected chi connectivity index (χ0v) is 29.9. The molecule has 1 atom stereocenters. The number of nitrogens with one attached hydrogen (secondary N) is 1. The van der Waals surface area contributed by atoms with Gasteiger partial charge in [-0.05, 0) is 75.9 Å². The minimum atomic E-state index is -4.18. The Labute approximate surface area is 285 Å². The van der Waals surface area contributed by atoms with E-state index >= 15 is 0 Å². The first-order chi connectivity index (χ1) is 22.5. The van der Waals surface area contributed by atoms with Gasteiger partial charge in [0, 0.05) is 52.3 Å². The Kier molecular flexibility index (Phi) is 12.9. The highest BCUT2D eigenvalue weighted by molar-refractivity contribution is 7.94. The van der Waals surface area contributed by atoms with Crippen LogP contribution in [0.2, 0.25) is 0 Å². The maximum absolute atomic E-state index is 13.6. The van der Waals surface area contributed by atoms with Crippen molar-refractivity contribution in [3.63, 3.8) is 0 Å². The Hall–Kier alpha value is -2.97. The predicted molar refractivity (Wildman–Crippen MR) is 186 cm³/mol. The molecule has 1 N–H and O–H groups in total. The van der Waals surface area contributed by atoms with Gasteiger partial charge >= 0.3 is 0 Å². The number of alkyl halides is 1. The number of fused-ring (bicyclic) bond motifs is 2. The van der Waals surface area contributed by atoms with Crippen LogP contribution in [0.4, 0.5) is 5.69 Å². The summed E-state index contributed by atoms with van der Waals surface area (Å²) in [5.74, 6) is -0.0577. The molecule has 0 fully saturated rings. The molecular weight excluding hydrogens is 662 g/mol. The zero-order chi connectivity index (χ0) is 34.3. The molecule has 1 unspecified atom stereocenters. The highest BCUT2D eigenvalue weighted by Gasteiger charge is 2.28. The maximum Gasteiger partial charge on any atom is 0.241 e. The number of benzene rings is 3. The third kappa shape index (κ3) is 8.37. The van der Waals surface area contributed by atoms with Crippen molar-refractivity contribution in [2.75, 3.05) is 37.0 Å². The molecule has 1 heterocycles. The van der Waals surface area contributed by atoms with Crippen LogP contribution in [0.1, 0.15) is 48.0 Å². The lowest BCUT2D eigenvalue weighted by Gasteiger charge is -2.23. The van der Waals surface area contributed by atoms with E-state index in [9.17, 15) is 18.5 Å². The number of hydrogen-bond donors (Lipinski definition) is 1. The van der Waals surface area contributed by atoms with Crippen molar-refractivity contribution in [2.45, 2.75) is 63.8 Å². The number of anilines is 1. The second-order valence-corrected chi connectivity index (χ2v) is 14.2. The summed E-state index contributed by atoms with van der Waals surface area (Å²) < 4.78 is 43.2. The van der Waals surface area contributed by atoms with Crippen molar-refractivity contribution >= 4 is 56.1 Å². The van der Waals surface area contributed by atoms with E-state index in [0.717, 1.165) is 53.7 Å². The number of Topliss-reactive ketones (excluding diaryl/α,β-unsaturated/α-hetero) is 1. The van der Waals surface area contributed by atoms with Crippen molar-refractivity contribution in [3.05, 3.63) is 60.0 Å². The number of halogens is 1. The Bertz CT molecular complexity index is 1850. The quantitative estimate of drug-likeness (QED) is 0.0397. The largest absolute Gasteiger partial charge is 0.691 e.